The summed E-state index contributed by atoms with van der Waals surface area (Å²) in [6.07, 6.45) is 2.36. The van der Waals surface area contributed by atoms with Crippen molar-refractivity contribution in [2.45, 2.75) is 19.3 Å². The molecule has 0 heterocycles. The van der Waals surface area contributed by atoms with Crippen molar-refractivity contribution >= 4 is 23.5 Å². The number of carbonyl (C=O) groups excluding carboxylic acids is 2. The van der Waals surface area contributed by atoms with Gasteiger partial charge in [-0.25, -0.2) is 9.86 Å². The number of rotatable bonds is 8. The summed E-state index contributed by atoms with van der Waals surface area (Å²) in [4.78, 5) is 27.4. The fourth-order valence-corrected chi connectivity index (χ4v) is 1.32. The van der Waals surface area contributed by atoms with Gasteiger partial charge in [-0.2, -0.15) is 0 Å². The molecular weight excluding hydrogens is 246 g/mol. The predicted octanol–water partition coefficient (Wildman–Crippen LogP) is 0.454. The standard InChI is InChI=1S/C10H18ClN3O3/c11-4-6-17-14(7-8-1-2-8)10(16)13-5-3-9(12)15/h8H,1-7H2,(H2,12,15)(H,13,16). The molecule has 0 aromatic rings. The van der Waals surface area contributed by atoms with E-state index in [0.29, 0.717) is 18.3 Å². The molecule has 6 nitrogen and oxygen atoms in total. The molecule has 0 aromatic heterocycles. The third-order valence-corrected chi connectivity index (χ3v) is 2.47. The van der Waals surface area contributed by atoms with Gasteiger partial charge in [0.1, 0.15) is 0 Å². The molecular formula is C10H18ClN3O3. The summed E-state index contributed by atoms with van der Waals surface area (Å²) in [5, 5.41) is 3.85. The number of amides is 3. The van der Waals surface area contributed by atoms with Crippen LogP contribution in [-0.2, 0) is 9.63 Å². The van der Waals surface area contributed by atoms with Gasteiger partial charge in [-0.3, -0.25) is 9.63 Å². The Balaban J connectivity index is 2.27. The number of alkyl halides is 1. The number of halogens is 1. The van der Waals surface area contributed by atoms with E-state index in [9.17, 15) is 9.59 Å². The summed E-state index contributed by atoms with van der Waals surface area (Å²) < 4.78 is 0. The van der Waals surface area contributed by atoms with Crippen LogP contribution in [0.5, 0.6) is 0 Å². The molecule has 98 valence electrons. The monoisotopic (exact) mass is 263 g/mol. The van der Waals surface area contributed by atoms with Crippen LogP contribution in [0.15, 0.2) is 0 Å². The number of nitrogens with two attached hydrogens (primary N) is 1. The number of hydrogen-bond donors (Lipinski definition) is 2. The van der Waals surface area contributed by atoms with Crippen molar-refractivity contribution in [1.82, 2.24) is 10.4 Å². The van der Waals surface area contributed by atoms with E-state index in [4.69, 9.17) is 22.2 Å². The smallest absolute Gasteiger partial charge is 0.341 e. The number of carbonyl (C=O) groups is 2. The molecule has 0 aromatic carbocycles. The molecule has 1 saturated carbocycles. The first-order valence-electron chi connectivity index (χ1n) is 5.66. The van der Waals surface area contributed by atoms with Gasteiger partial charge in [-0.15, -0.1) is 11.6 Å². The highest BCUT2D eigenvalue weighted by molar-refractivity contribution is 6.17. The van der Waals surface area contributed by atoms with Crippen molar-refractivity contribution in [2.24, 2.45) is 11.7 Å². The average molecular weight is 264 g/mol. The second-order valence-corrected chi connectivity index (χ2v) is 4.35. The molecule has 0 aliphatic heterocycles. The molecule has 0 bridgehead atoms. The van der Waals surface area contributed by atoms with Gasteiger partial charge >= 0.3 is 6.03 Å². The maximum Gasteiger partial charge on any atom is 0.341 e. The van der Waals surface area contributed by atoms with Gasteiger partial charge in [-0.05, 0) is 18.8 Å². The van der Waals surface area contributed by atoms with Crippen LogP contribution in [0, 0.1) is 5.92 Å². The summed E-state index contributed by atoms with van der Waals surface area (Å²) in [7, 11) is 0. The minimum absolute atomic E-state index is 0.124. The fraction of sp³-hybridized carbons (Fsp3) is 0.800. The van der Waals surface area contributed by atoms with E-state index in [2.05, 4.69) is 5.32 Å². The zero-order valence-corrected chi connectivity index (χ0v) is 10.4. The minimum Gasteiger partial charge on any atom is -0.370 e. The first kappa shape index (κ1) is 14.1. The summed E-state index contributed by atoms with van der Waals surface area (Å²) in [5.41, 5.74) is 4.97. The summed E-state index contributed by atoms with van der Waals surface area (Å²) in [6, 6.07) is -0.344. The van der Waals surface area contributed by atoms with Gasteiger partial charge in [-0.1, -0.05) is 0 Å². The van der Waals surface area contributed by atoms with Gasteiger partial charge < -0.3 is 11.1 Å². The van der Waals surface area contributed by atoms with E-state index >= 15 is 0 Å². The largest absolute Gasteiger partial charge is 0.370 e. The maximum atomic E-state index is 11.7. The molecule has 0 spiro atoms. The number of hydrogen-bond acceptors (Lipinski definition) is 3. The second-order valence-electron chi connectivity index (χ2n) is 3.97. The lowest BCUT2D eigenvalue weighted by Gasteiger charge is -2.21. The quantitative estimate of drug-likeness (QED) is 0.493. The topological polar surface area (TPSA) is 84.7 Å². The Kier molecular flexibility index (Phi) is 6.07. The van der Waals surface area contributed by atoms with Crippen molar-refractivity contribution < 1.29 is 14.4 Å². The molecule has 1 rings (SSSR count). The Morgan fingerprint density at radius 2 is 2.18 bits per heavy atom. The first-order valence-corrected chi connectivity index (χ1v) is 6.19. The summed E-state index contributed by atoms with van der Waals surface area (Å²) in [5.74, 6) is 0.406. The number of primary amides is 1. The molecule has 3 amide bonds. The molecule has 1 aliphatic rings. The number of hydroxylamine groups is 2. The van der Waals surface area contributed by atoms with Crippen molar-refractivity contribution in [2.75, 3.05) is 25.6 Å². The molecule has 0 saturated heterocycles. The molecule has 0 atom stereocenters. The second kappa shape index (κ2) is 7.34. The van der Waals surface area contributed by atoms with Gasteiger partial charge in [0.25, 0.3) is 0 Å². The Labute approximate surface area is 105 Å². The highest BCUT2D eigenvalue weighted by Crippen LogP contribution is 2.29. The number of nitrogens with one attached hydrogen (secondary N) is 1. The van der Waals surface area contributed by atoms with E-state index in [0.717, 1.165) is 12.8 Å². The number of urea groups is 1. The van der Waals surface area contributed by atoms with Crippen LogP contribution in [0.4, 0.5) is 4.79 Å². The lowest BCUT2D eigenvalue weighted by Crippen LogP contribution is -2.42. The molecule has 1 aliphatic carbocycles. The Morgan fingerprint density at radius 1 is 1.47 bits per heavy atom. The molecule has 0 radical (unpaired) electrons. The van der Waals surface area contributed by atoms with Gasteiger partial charge in [0.15, 0.2) is 0 Å². The number of nitrogens with zero attached hydrogens (tertiary/aromatic N) is 1. The predicted molar refractivity (Wildman–Crippen MR) is 63.3 cm³/mol. The molecule has 17 heavy (non-hydrogen) atoms. The van der Waals surface area contributed by atoms with E-state index in [-0.39, 0.29) is 25.6 Å². The SMILES string of the molecule is NC(=O)CCNC(=O)N(CC1CC1)OCCCl. The zero-order chi connectivity index (χ0) is 12.7. The van der Waals surface area contributed by atoms with Crippen molar-refractivity contribution in [1.29, 1.82) is 0 Å². The van der Waals surface area contributed by atoms with E-state index < -0.39 is 5.91 Å². The van der Waals surface area contributed by atoms with Crippen LogP contribution in [0.2, 0.25) is 0 Å². The van der Waals surface area contributed by atoms with Crippen LogP contribution in [0.25, 0.3) is 0 Å². The highest BCUT2D eigenvalue weighted by atomic mass is 35.5. The van der Waals surface area contributed by atoms with E-state index in [1.54, 1.807) is 0 Å². The van der Waals surface area contributed by atoms with Crippen molar-refractivity contribution in [3.05, 3.63) is 0 Å². The van der Waals surface area contributed by atoms with Crippen LogP contribution < -0.4 is 11.1 Å². The van der Waals surface area contributed by atoms with Crippen molar-refractivity contribution in [3.8, 4) is 0 Å². The van der Waals surface area contributed by atoms with Gasteiger partial charge in [0, 0.05) is 18.8 Å². The maximum absolute atomic E-state index is 11.7. The Morgan fingerprint density at radius 3 is 2.71 bits per heavy atom. The Bertz CT molecular complexity index is 272. The molecule has 0 unspecified atom stereocenters. The third-order valence-electron chi connectivity index (χ3n) is 2.32. The fourth-order valence-electron chi connectivity index (χ4n) is 1.25. The normalized spacial score (nSPS) is 14.4. The molecule has 7 heteroatoms. The van der Waals surface area contributed by atoms with Crippen molar-refractivity contribution in [3.63, 3.8) is 0 Å². The zero-order valence-electron chi connectivity index (χ0n) is 9.65. The van der Waals surface area contributed by atoms with Gasteiger partial charge in [0.05, 0.1) is 13.2 Å². The Hall–Kier alpha value is -1.01. The first-order chi connectivity index (χ1) is 8.13. The summed E-state index contributed by atoms with van der Waals surface area (Å²) in [6.45, 7) is 1.08. The van der Waals surface area contributed by atoms with Crippen LogP contribution in [0.3, 0.4) is 0 Å². The summed E-state index contributed by atoms with van der Waals surface area (Å²) >= 11 is 5.50. The third kappa shape index (κ3) is 6.33. The minimum atomic E-state index is -0.444. The van der Waals surface area contributed by atoms with E-state index in [1.165, 1.54) is 5.06 Å². The van der Waals surface area contributed by atoms with Crippen LogP contribution in [0.1, 0.15) is 19.3 Å². The van der Waals surface area contributed by atoms with Gasteiger partial charge in [0.2, 0.25) is 5.91 Å². The van der Waals surface area contributed by atoms with Crippen LogP contribution >= 0.6 is 11.6 Å². The average Bonchev–Trinajstić information content (AvgIpc) is 3.07. The van der Waals surface area contributed by atoms with Crippen LogP contribution in [-0.4, -0.2) is 42.6 Å². The lowest BCUT2D eigenvalue weighted by atomic mass is 10.4. The lowest BCUT2D eigenvalue weighted by molar-refractivity contribution is -0.118. The molecule has 3 N–H and O–H groups in total. The molecule has 1 fully saturated rings. The highest BCUT2D eigenvalue weighted by Gasteiger charge is 2.27. The van der Waals surface area contributed by atoms with E-state index in [1.807, 2.05) is 0 Å².